The summed E-state index contributed by atoms with van der Waals surface area (Å²) in [6, 6.07) is 8.39. The monoisotopic (exact) mass is 253 g/mol. The molecule has 0 heterocycles. The number of carbonyl (C=O) groups excluding carboxylic acids is 1. The average Bonchev–Trinajstić information content (AvgIpc) is 2.28. The van der Waals surface area contributed by atoms with Crippen molar-refractivity contribution in [1.82, 2.24) is 5.32 Å². The van der Waals surface area contributed by atoms with E-state index in [-0.39, 0.29) is 17.8 Å². The molecule has 0 aliphatic heterocycles. The van der Waals surface area contributed by atoms with Crippen molar-refractivity contribution in [1.29, 1.82) is 0 Å². The Balaban J connectivity index is 2.63. The first-order valence-corrected chi connectivity index (χ1v) is 6.50. The van der Waals surface area contributed by atoms with E-state index in [9.17, 15) is 4.79 Å². The highest BCUT2D eigenvalue weighted by molar-refractivity contribution is 6.27. The molecule has 0 aliphatic rings. The Morgan fingerprint density at radius 2 is 1.82 bits per heavy atom. The molecular weight excluding hydrogens is 234 g/mol. The maximum Gasteiger partial charge on any atom is 0.235 e. The Hall–Kier alpha value is -1.02. The second-order valence-corrected chi connectivity index (χ2v) is 5.03. The molecule has 0 fully saturated rings. The van der Waals surface area contributed by atoms with E-state index in [1.165, 1.54) is 5.56 Å². The molecule has 1 rings (SSSR count). The zero-order chi connectivity index (χ0) is 12.8. The summed E-state index contributed by atoms with van der Waals surface area (Å²) in [6.45, 7) is 6.37. The molecule has 0 aliphatic carbocycles. The van der Waals surface area contributed by atoms with Crippen LogP contribution in [0.15, 0.2) is 24.3 Å². The molecule has 0 radical (unpaired) electrons. The molecule has 1 N–H and O–H groups in total. The Bertz CT molecular complexity index is 359. The van der Waals surface area contributed by atoms with Crippen molar-refractivity contribution in [2.75, 3.05) is 5.88 Å². The molecule has 2 nitrogen and oxygen atoms in total. The average molecular weight is 254 g/mol. The normalized spacial score (nSPS) is 12.5. The van der Waals surface area contributed by atoms with Gasteiger partial charge in [0.1, 0.15) is 5.88 Å². The fraction of sp³-hybridized carbons (Fsp3) is 0.500. The van der Waals surface area contributed by atoms with Gasteiger partial charge < -0.3 is 5.32 Å². The highest BCUT2D eigenvalue weighted by Crippen LogP contribution is 2.15. The van der Waals surface area contributed by atoms with Gasteiger partial charge in [-0.05, 0) is 30.4 Å². The van der Waals surface area contributed by atoms with Gasteiger partial charge in [-0.1, -0.05) is 38.1 Å². The Kier molecular flexibility index (Phi) is 5.49. The highest BCUT2D eigenvalue weighted by atomic mass is 35.5. The van der Waals surface area contributed by atoms with Crippen molar-refractivity contribution in [3.8, 4) is 0 Å². The van der Waals surface area contributed by atoms with E-state index in [1.807, 2.05) is 6.92 Å². The van der Waals surface area contributed by atoms with Gasteiger partial charge in [0.2, 0.25) is 5.91 Å². The van der Waals surface area contributed by atoms with Crippen LogP contribution in [-0.4, -0.2) is 11.8 Å². The van der Waals surface area contributed by atoms with Crippen LogP contribution < -0.4 is 5.32 Å². The molecular formula is C14H20ClNO. The van der Waals surface area contributed by atoms with E-state index in [4.69, 9.17) is 11.6 Å². The summed E-state index contributed by atoms with van der Waals surface area (Å²) < 4.78 is 0. The highest BCUT2D eigenvalue weighted by Gasteiger charge is 2.08. The lowest BCUT2D eigenvalue weighted by Gasteiger charge is -2.14. The van der Waals surface area contributed by atoms with Crippen LogP contribution in [0.5, 0.6) is 0 Å². The first-order valence-electron chi connectivity index (χ1n) is 5.97. The smallest absolute Gasteiger partial charge is 0.235 e. The third-order valence-corrected chi connectivity index (χ3v) is 2.87. The number of nitrogens with one attached hydrogen (secondary N) is 1. The topological polar surface area (TPSA) is 29.1 Å². The van der Waals surface area contributed by atoms with Crippen molar-refractivity contribution in [2.45, 2.75) is 33.2 Å². The van der Waals surface area contributed by atoms with Crippen molar-refractivity contribution in [2.24, 2.45) is 5.92 Å². The molecule has 1 aromatic carbocycles. The second kappa shape index (κ2) is 6.65. The van der Waals surface area contributed by atoms with Gasteiger partial charge in [-0.3, -0.25) is 4.79 Å². The Morgan fingerprint density at radius 3 is 2.29 bits per heavy atom. The molecule has 1 amide bonds. The van der Waals surface area contributed by atoms with Crippen LogP contribution >= 0.6 is 11.6 Å². The lowest BCUT2D eigenvalue weighted by molar-refractivity contribution is -0.119. The number of amides is 1. The van der Waals surface area contributed by atoms with Gasteiger partial charge in [0, 0.05) is 0 Å². The van der Waals surface area contributed by atoms with Gasteiger partial charge in [0.25, 0.3) is 0 Å². The minimum absolute atomic E-state index is 0.00866. The first-order chi connectivity index (χ1) is 8.02. The van der Waals surface area contributed by atoms with Gasteiger partial charge in [0.15, 0.2) is 0 Å². The van der Waals surface area contributed by atoms with Crippen LogP contribution in [-0.2, 0) is 11.2 Å². The van der Waals surface area contributed by atoms with Gasteiger partial charge in [0.05, 0.1) is 6.04 Å². The van der Waals surface area contributed by atoms with E-state index in [1.54, 1.807) is 0 Å². The number of rotatable bonds is 5. The summed E-state index contributed by atoms with van der Waals surface area (Å²) >= 11 is 5.45. The number of hydrogen-bond acceptors (Lipinski definition) is 1. The maximum atomic E-state index is 11.2. The molecule has 1 atom stereocenters. The summed E-state index contributed by atoms with van der Waals surface area (Å²) in [7, 11) is 0. The summed E-state index contributed by atoms with van der Waals surface area (Å²) in [5.74, 6) is 0.537. The standard InChI is InChI=1S/C14H20ClNO/c1-10(2)8-12-4-6-13(7-5-12)11(3)16-14(17)9-15/h4-7,10-11H,8-9H2,1-3H3,(H,16,17)/t11-/m1/s1. The number of halogens is 1. The zero-order valence-electron chi connectivity index (χ0n) is 10.7. The van der Waals surface area contributed by atoms with E-state index >= 15 is 0 Å². The predicted molar refractivity (Wildman–Crippen MR) is 72.3 cm³/mol. The van der Waals surface area contributed by atoms with Gasteiger partial charge >= 0.3 is 0 Å². The third kappa shape index (κ3) is 4.78. The van der Waals surface area contributed by atoms with Crippen LogP contribution in [0.2, 0.25) is 0 Å². The molecule has 0 unspecified atom stereocenters. The number of hydrogen-bond donors (Lipinski definition) is 1. The van der Waals surface area contributed by atoms with Crippen LogP contribution in [0.4, 0.5) is 0 Å². The van der Waals surface area contributed by atoms with Crippen molar-refractivity contribution in [3.05, 3.63) is 35.4 Å². The summed E-state index contributed by atoms with van der Waals surface area (Å²) in [5, 5.41) is 2.84. The maximum absolute atomic E-state index is 11.2. The Morgan fingerprint density at radius 1 is 1.24 bits per heavy atom. The lowest BCUT2D eigenvalue weighted by Crippen LogP contribution is -2.27. The number of alkyl halides is 1. The van der Waals surface area contributed by atoms with Gasteiger partial charge in [-0.2, -0.15) is 0 Å². The molecule has 17 heavy (non-hydrogen) atoms. The van der Waals surface area contributed by atoms with Crippen LogP contribution in [0.1, 0.15) is 37.9 Å². The van der Waals surface area contributed by atoms with Gasteiger partial charge in [-0.15, -0.1) is 11.6 Å². The minimum atomic E-state index is -0.134. The molecule has 0 saturated heterocycles. The molecule has 0 spiro atoms. The molecule has 1 aromatic rings. The summed E-state index contributed by atoms with van der Waals surface area (Å²) in [5.41, 5.74) is 2.44. The molecule has 94 valence electrons. The van der Waals surface area contributed by atoms with Crippen molar-refractivity contribution < 1.29 is 4.79 Å². The van der Waals surface area contributed by atoms with Crippen LogP contribution in [0, 0.1) is 5.92 Å². The number of benzene rings is 1. The van der Waals surface area contributed by atoms with Crippen LogP contribution in [0.25, 0.3) is 0 Å². The summed E-state index contributed by atoms with van der Waals surface area (Å²) in [4.78, 5) is 11.2. The van der Waals surface area contributed by atoms with E-state index < -0.39 is 0 Å². The summed E-state index contributed by atoms with van der Waals surface area (Å²) in [6.07, 6.45) is 1.09. The lowest BCUT2D eigenvalue weighted by atomic mass is 10.00. The predicted octanol–water partition coefficient (Wildman–Crippen LogP) is 3.30. The van der Waals surface area contributed by atoms with Crippen molar-refractivity contribution in [3.63, 3.8) is 0 Å². The largest absolute Gasteiger partial charge is 0.349 e. The molecule has 3 heteroatoms. The van der Waals surface area contributed by atoms with Crippen molar-refractivity contribution >= 4 is 17.5 Å². The van der Waals surface area contributed by atoms with E-state index in [2.05, 4.69) is 43.4 Å². The first kappa shape index (κ1) is 14.0. The molecule has 0 bridgehead atoms. The quantitative estimate of drug-likeness (QED) is 0.802. The minimum Gasteiger partial charge on any atom is -0.349 e. The fourth-order valence-corrected chi connectivity index (χ4v) is 1.85. The zero-order valence-corrected chi connectivity index (χ0v) is 11.4. The fourth-order valence-electron chi connectivity index (χ4n) is 1.78. The molecule has 0 aromatic heterocycles. The van der Waals surface area contributed by atoms with Crippen LogP contribution in [0.3, 0.4) is 0 Å². The Labute approximate surface area is 108 Å². The molecule has 0 saturated carbocycles. The van der Waals surface area contributed by atoms with Gasteiger partial charge in [-0.25, -0.2) is 0 Å². The third-order valence-electron chi connectivity index (χ3n) is 2.62. The number of carbonyl (C=O) groups is 1. The van der Waals surface area contributed by atoms with E-state index in [0.717, 1.165) is 12.0 Å². The second-order valence-electron chi connectivity index (χ2n) is 4.76. The SMILES string of the molecule is CC(C)Cc1ccc([C@@H](C)NC(=O)CCl)cc1. The van der Waals surface area contributed by atoms with E-state index in [0.29, 0.717) is 5.92 Å².